The van der Waals surface area contributed by atoms with Crippen LogP contribution in [0.25, 0.3) is 56.0 Å². The van der Waals surface area contributed by atoms with Crippen molar-refractivity contribution < 1.29 is 0 Å². The van der Waals surface area contributed by atoms with E-state index < -0.39 is 0 Å². The van der Waals surface area contributed by atoms with Gasteiger partial charge < -0.3 is 0 Å². The summed E-state index contributed by atoms with van der Waals surface area (Å²) in [5, 5.41) is 0. The Balaban J connectivity index is 1.42. The first-order valence-electron chi connectivity index (χ1n) is 12.7. The fourth-order valence-corrected chi connectivity index (χ4v) is 5.15. The molecule has 0 N–H and O–H groups in total. The predicted octanol–water partition coefficient (Wildman–Crippen LogP) is 8.21. The second-order valence-corrected chi connectivity index (χ2v) is 9.21. The molecule has 0 atom stereocenters. The van der Waals surface area contributed by atoms with Gasteiger partial charge in [0.1, 0.15) is 12.2 Å². The number of hydrogen-bond acceptors (Lipinski definition) is 2. The molecular formula is C34H24N4. The molecule has 180 valence electrons. The molecular weight excluding hydrogens is 464 g/mol. The van der Waals surface area contributed by atoms with E-state index in [0.29, 0.717) is 0 Å². The van der Waals surface area contributed by atoms with Crippen LogP contribution in [-0.2, 0) is 0 Å². The molecule has 38 heavy (non-hydrogen) atoms. The van der Waals surface area contributed by atoms with Crippen LogP contribution in [0.15, 0.2) is 146 Å². The summed E-state index contributed by atoms with van der Waals surface area (Å²) in [5.74, 6) is 0.877. The zero-order valence-corrected chi connectivity index (χ0v) is 20.6. The molecule has 0 bridgehead atoms. The van der Waals surface area contributed by atoms with E-state index in [0.717, 1.165) is 56.0 Å². The highest BCUT2D eigenvalue weighted by molar-refractivity contribution is 5.88. The van der Waals surface area contributed by atoms with Gasteiger partial charge in [0.25, 0.3) is 0 Å². The Hall–Kier alpha value is -5.22. The summed E-state index contributed by atoms with van der Waals surface area (Å²) in [6, 6.07) is 44.3. The van der Waals surface area contributed by atoms with Crippen molar-refractivity contribution in [3.8, 4) is 45.0 Å². The zero-order valence-electron chi connectivity index (χ0n) is 20.6. The van der Waals surface area contributed by atoms with Gasteiger partial charge in [0.05, 0.1) is 16.7 Å². The summed E-state index contributed by atoms with van der Waals surface area (Å²) in [6.07, 6.45) is 5.81. The van der Waals surface area contributed by atoms with Gasteiger partial charge in [-0.05, 0) is 41.5 Å². The number of hydrogen-bond donors (Lipinski definition) is 0. The third kappa shape index (κ3) is 3.80. The van der Waals surface area contributed by atoms with Crippen LogP contribution in [0.4, 0.5) is 0 Å². The molecule has 0 saturated heterocycles. The van der Waals surface area contributed by atoms with E-state index in [1.807, 2.05) is 30.7 Å². The normalized spacial score (nSPS) is 11.2. The molecule has 0 aliphatic carbocycles. The monoisotopic (exact) mass is 488 g/mol. The first-order valence-corrected chi connectivity index (χ1v) is 12.7. The Bertz CT molecular complexity index is 1790. The molecule has 0 radical (unpaired) electrons. The lowest BCUT2D eigenvalue weighted by atomic mass is 9.95. The minimum absolute atomic E-state index is 0.877. The van der Waals surface area contributed by atoms with E-state index in [1.165, 1.54) is 0 Å². The Morgan fingerprint density at radius 1 is 0.500 bits per heavy atom. The average Bonchev–Trinajstić information content (AvgIpc) is 3.65. The number of imidazole rings is 2. The lowest BCUT2D eigenvalue weighted by Gasteiger charge is -2.18. The second kappa shape index (κ2) is 9.34. The Morgan fingerprint density at radius 2 is 1.13 bits per heavy atom. The van der Waals surface area contributed by atoms with Crippen molar-refractivity contribution in [2.75, 3.05) is 0 Å². The lowest BCUT2D eigenvalue weighted by molar-refractivity contribution is 1.07. The van der Waals surface area contributed by atoms with Gasteiger partial charge in [-0.3, -0.25) is 9.13 Å². The molecule has 0 saturated carbocycles. The van der Waals surface area contributed by atoms with Crippen LogP contribution in [-0.4, -0.2) is 19.1 Å². The largest absolute Gasteiger partial charge is 0.299 e. The summed E-state index contributed by atoms with van der Waals surface area (Å²) in [4.78, 5) is 9.56. The molecule has 4 heteroatoms. The van der Waals surface area contributed by atoms with E-state index in [2.05, 4.69) is 125 Å². The van der Waals surface area contributed by atoms with Gasteiger partial charge in [0.2, 0.25) is 0 Å². The van der Waals surface area contributed by atoms with Crippen molar-refractivity contribution in [2.45, 2.75) is 0 Å². The summed E-state index contributed by atoms with van der Waals surface area (Å²) >= 11 is 0. The Labute approximate surface area is 221 Å². The number of fused-ring (bicyclic) bond motifs is 1. The van der Waals surface area contributed by atoms with Crippen molar-refractivity contribution >= 4 is 11.0 Å². The van der Waals surface area contributed by atoms with Crippen molar-refractivity contribution in [3.63, 3.8) is 0 Å². The predicted molar refractivity (Wildman–Crippen MR) is 154 cm³/mol. The molecule has 5 aromatic carbocycles. The van der Waals surface area contributed by atoms with E-state index in [1.54, 1.807) is 0 Å². The molecule has 7 rings (SSSR count). The fraction of sp³-hybridized carbons (Fsp3) is 0. The SMILES string of the molecule is c1ccc(-c2cccc(-c3ccccc3)c2-n2ccnc2-c2ccc3c(c2)ncn3-c2ccccc2)cc1. The Morgan fingerprint density at radius 3 is 1.79 bits per heavy atom. The zero-order chi connectivity index (χ0) is 25.3. The molecule has 4 nitrogen and oxygen atoms in total. The number of nitrogens with zero attached hydrogens (tertiary/aromatic N) is 4. The molecule has 0 aliphatic rings. The minimum Gasteiger partial charge on any atom is -0.299 e. The molecule has 0 fully saturated rings. The van der Waals surface area contributed by atoms with Crippen LogP contribution in [0, 0.1) is 0 Å². The van der Waals surface area contributed by atoms with Crippen molar-refractivity contribution in [2.24, 2.45) is 0 Å². The van der Waals surface area contributed by atoms with Crippen molar-refractivity contribution in [1.82, 2.24) is 19.1 Å². The lowest BCUT2D eigenvalue weighted by Crippen LogP contribution is -2.02. The fourth-order valence-electron chi connectivity index (χ4n) is 5.15. The first kappa shape index (κ1) is 22.0. The van der Waals surface area contributed by atoms with E-state index in [-0.39, 0.29) is 0 Å². The maximum absolute atomic E-state index is 4.83. The van der Waals surface area contributed by atoms with Crippen LogP contribution in [0.1, 0.15) is 0 Å². The minimum atomic E-state index is 0.877. The van der Waals surface area contributed by atoms with E-state index in [4.69, 9.17) is 9.97 Å². The van der Waals surface area contributed by atoms with Gasteiger partial charge in [-0.25, -0.2) is 9.97 Å². The summed E-state index contributed by atoms with van der Waals surface area (Å²) in [7, 11) is 0. The molecule has 0 unspecified atom stereocenters. The molecule has 2 heterocycles. The maximum Gasteiger partial charge on any atom is 0.144 e. The van der Waals surface area contributed by atoms with Gasteiger partial charge in [-0.1, -0.05) is 97.1 Å². The maximum atomic E-state index is 4.83. The highest BCUT2D eigenvalue weighted by Crippen LogP contribution is 2.38. The van der Waals surface area contributed by atoms with Gasteiger partial charge >= 0.3 is 0 Å². The third-order valence-corrected chi connectivity index (χ3v) is 6.93. The molecule has 0 aliphatic heterocycles. The number of aromatic nitrogens is 4. The van der Waals surface area contributed by atoms with E-state index >= 15 is 0 Å². The number of benzene rings is 5. The van der Waals surface area contributed by atoms with Crippen LogP contribution in [0.3, 0.4) is 0 Å². The molecule has 2 aromatic heterocycles. The van der Waals surface area contributed by atoms with Crippen LogP contribution in [0.5, 0.6) is 0 Å². The van der Waals surface area contributed by atoms with Gasteiger partial charge in [0.15, 0.2) is 0 Å². The standard InChI is InChI=1S/C34H24N4/c1-4-11-25(12-5-1)29-17-10-18-30(26-13-6-2-7-14-26)33(29)37-22-21-35-34(37)27-19-20-32-31(23-27)36-24-38(32)28-15-8-3-9-16-28/h1-24H. The number of para-hydroxylation sites is 2. The summed E-state index contributed by atoms with van der Waals surface area (Å²) in [5.41, 5.74) is 9.84. The average molecular weight is 489 g/mol. The molecule has 7 aromatic rings. The van der Waals surface area contributed by atoms with Gasteiger partial charge in [-0.15, -0.1) is 0 Å². The first-order chi connectivity index (χ1) is 18.9. The second-order valence-electron chi connectivity index (χ2n) is 9.21. The van der Waals surface area contributed by atoms with Gasteiger partial charge in [-0.2, -0.15) is 0 Å². The van der Waals surface area contributed by atoms with Crippen LogP contribution in [0.2, 0.25) is 0 Å². The molecule has 0 spiro atoms. The summed E-state index contributed by atoms with van der Waals surface area (Å²) < 4.78 is 4.32. The summed E-state index contributed by atoms with van der Waals surface area (Å²) in [6.45, 7) is 0. The smallest absolute Gasteiger partial charge is 0.144 e. The highest BCUT2D eigenvalue weighted by atomic mass is 15.1. The van der Waals surface area contributed by atoms with Crippen molar-refractivity contribution in [1.29, 1.82) is 0 Å². The van der Waals surface area contributed by atoms with E-state index in [9.17, 15) is 0 Å². The van der Waals surface area contributed by atoms with Gasteiger partial charge in [0, 0.05) is 34.8 Å². The topological polar surface area (TPSA) is 35.6 Å². The Kier molecular flexibility index (Phi) is 5.41. The third-order valence-electron chi connectivity index (χ3n) is 6.93. The van der Waals surface area contributed by atoms with Crippen LogP contribution >= 0.6 is 0 Å². The highest BCUT2D eigenvalue weighted by Gasteiger charge is 2.18. The van der Waals surface area contributed by atoms with Crippen LogP contribution < -0.4 is 0 Å². The molecule has 0 amide bonds. The quantitative estimate of drug-likeness (QED) is 0.245. The van der Waals surface area contributed by atoms with Crippen molar-refractivity contribution in [3.05, 3.63) is 146 Å². The number of rotatable bonds is 5.